The zero-order valence-electron chi connectivity index (χ0n) is 15.0. The number of imidazole rings is 1. The van der Waals surface area contributed by atoms with Gasteiger partial charge in [-0.05, 0) is 52.0 Å². The number of rotatable bonds is 4. The molecule has 1 aliphatic heterocycles. The van der Waals surface area contributed by atoms with E-state index in [1.807, 2.05) is 20.0 Å². The minimum Gasteiger partial charge on any atom is -0.344 e. The lowest BCUT2D eigenvalue weighted by molar-refractivity contribution is -0.117. The summed E-state index contributed by atoms with van der Waals surface area (Å²) in [6.45, 7) is 3.25. The second-order valence-electron chi connectivity index (χ2n) is 7.23. The van der Waals surface area contributed by atoms with Gasteiger partial charge in [-0.25, -0.2) is 4.98 Å². The zero-order chi connectivity index (χ0) is 17.4. The number of carbonyl (C=O) groups excluding carboxylic acids is 1. The topological polar surface area (TPSA) is 78.8 Å². The van der Waals surface area contributed by atoms with Gasteiger partial charge in [0, 0.05) is 18.8 Å². The van der Waals surface area contributed by atoms with Gasteiger partial charge in [-0.15, -0.1) is 0 Å². The van der Waals surface area contributed by atoms with E-state index in [0.717, 1.165) is 49.6 Å². The van der Waals surface area contributed by atoms with Crippen LogP contribution in [0.15, 0.2) is 6.07 Å². The number of fused-ring (bicyclic) bond motifs is 1. The number of amides is 1. The molecule has 4 rings (SSSR count). The number of likely N-dealkylation sites (tertiary alicyclic amines) is 1. The van der Waals surface area contributed by atoms with Gasteiger partial charge in [0.2, 0.25) is 5.91 Å². The second-order valence-corrected chi connectivity index (χ2v) is 7.23. The van der Waals surface area contributed by atoms with Gasteiger partial charge in [0.1, 0.15) is 11.6 Å². The number of carbonyl (C=O) groups is 1. The molecule has 7 nitrogen and oxygen atoms in total. The summed E-state index contributed by atoms with van der Waals surface area (Å²) >= 11 is 0. The van der Waals surface area contributed by atoms with E-state index in [9.17, 15) is 4.79 Å². The lowest BCUT2D eigenvalue weighted by Crippen LogP contribution is -2.33. The number of aromatic nitrogens is 4. The Morgan fingerprint density at radius 3 is 2.96 bits per heavy atom. The van der Waals surface area contributed by atoms with Gasteiger partial charge in [0.15, 0.2) is 0 Å². The van der Waals surface area contributed by atoms with Gasteiger partial charge >= 0.3 is 0 Å². The Bertz CT molecular complexity index is 753. The third-order valence-corrected chi connectivity index (χ3v) is 5.27. The van der Waals surface area contributed by atoms with Crippen molar-refractivity contribution >= 4 is 11.7 Å². The minimum absolute atomic E-state index is 0.00576. The molecule has 1 atom stereocenters. The summed E-state index contributed by atoms with van der Waals surface area (Å²) in [6.07, 6.45) is 6.83. The third-order valence-electron chi connectivity index (χ3n) is 5.27. The van der Waals surface area contributed by atoms with Crippen LogP contribution in [0.5, 0.6) is 0 Å². The maximum Gasteiger partial charge on any atom is 0.239 e. The van der Waals surface area contributed by atoms with E-state index in [4.69, 9.17) is 4.98 Å². The monoisotopic (exact) mass is 342 g/mol. The lowest BCUT2D eigenvalue weighted by atomic mass is 10.0. The maximum absolute atomic E-state index is 12.5. The molecular formula is C18H26N6O. The summed E-state index contributed by atoms with van der Waals surface area (Å²) < 4.78 is 1.70. The Balaban J connectivity index is 1.43. The molecule has 1 fully saturated rings. The van der Waals surface area contributed by atoms with E-state index in [2.05, 4.69) is 20.3 Å². The average molecular weight is 342 g/mol. The van der Waals surface area contributed by atoms with Crippen LogP contribution >= 0.6 is 0 Å². The summed E-state index contributed by atoms with van der Waals surface area (Å²) in [5.74, 6) is 1.80. The Labute approximate surface area is 147 Å². The van der Waals surface area contributed by atoms with E-state index < -0.39 is 0 Å². The molecule has 0 saturated carbocycles. The smallest absolute Gasteiger partial charge is 0.239 e. The van der Waals surface area contributed by atoms with E-state index in [0.29, 0.717) is 6.54 Å². The number of aryl methyl sites for hydroxylation is 4. The first-order chi connectivity index (χ1) is 12.1. The first-order valence-corrected chi connectivity index (χ1v) is 9.22. The quantitative estimate of drug-likeness (QED) is 0.892. The van der Waals surface area contributed by atoms with Crippen LogP contribution in [-0.2, 0) is 24.7 Å². The molecule has 0 aromatic carbocycles. The number of nitrogens with one attached hydrogen (secondary N) is 2. The molecule has 0 bridgehead atoms. The van der Waals surface area contributed by atoms with E-state index >= 15 is 0 Å². The first-order valence-electron chi connectivity index (χ1n) is 9.22. The SMILES string of the molecule is Cc1cc(NC(=O)CN2CCCC2c2nc3c([nH]2)CCCC3)n(C)n1. The van der Waals surface area contributed by atoms with Gasteiger partial charge in [-0.3, -0.25) is 14.4 Å². The third kappa shape index (κ3) is 3.33. The van der Waals surface area contributed by atoms with Crippen molar-refractivity contribution in [2.75, 3.05) is 18.4 Å². The highest BCUT2D eigenvalue weighted by atomic mass is 16.2. The van der Waals surface area contributed by atoms with Crippen LogP contribution in [0.1, 0.15) is 54.6 Å². The van der Waals surface area contributed by atoms with Crippen LogP contribution in [0.4, 0.5) is 5.82 Å². The first kappa shape index (κ1) is 16.3. The number of H-pyrrole nitrogens is 1. The number of nitrogens with zero attached hydrogens (tertiary/aromatic N) is 4. The molecule has 1 aliphatic carbocycles. The Morgan fingerprint density at radius 1 is 1.36 bits per heavy atom. The molecule has 0 spiro atoms. The van der Waals surface area contributed by atoms with Crippen molar-refractivity contribution in [3.05, 3.63) is 29.0 Å². The molecule has 134 valence electrons. The van der Waals surface area contributed by atoms with Crippen molar-refractivity contribution in [2.24, 2.45) is 7.05 Å². The van der Waals surface area contributed by atoms with Crippen LogP contribution in [0, 0.1) is 6.92 Å². The summed E-state index contributed by atoms with van der Waals surface area (Å²) in [7, 11) is 1.84. The second kappa shape index (κ2) is 6.63. The molecule has 7 heteroatoms. The predicted octanol–water partition coefficient (Wildman–Crippen LogP) is 2.11. The predicted molar refractivity (Wildman–Crippen MR) is 95.4 cm³/mol. The fourth-order valence-electron chi connectivity index (χ4n) is 4.05. The summed E-state index contributed by atoms with van der Waals surface area (Å²) in [5, 5.41) is 7.24. The number of anilines is 1. The standard InChI is InChI=1S/C18H26N6O/c1-12-10-16(23(2)22-12)21-17(25)11-24-9-5-8-15(24)18-19-13-6-3-4-7-14(13)20-18/h10,15H,3-9,11H2,1-2H3,(H,19,20)(H,21,25). The largest absolute Gasteiger partial charge is 0.344 e. The van der Waals surface area contributed by atoms with Crippen molar-refractivity contribution in [3.63, 3.8) is 0 Å². The molecule has 0 radical (unpaired) electrons. The van der Waals surface area contributed by atoms with Gasteiger partial charge in [0.25, 0.3) is 0 Å². The molecule has 2 aromatic heterocycles. The van der Waals surface area contributed by atoms with Crippen LogP contribution < -0.4 is 5.32 Å². The van der Waals surface area contributed by atoms with Gasteiger partial charge in [-0.2, -0.15) is 5.10 Å². The molecule has 25 heavy (non-hydrogen) atoms. The van der Waals surface area contributed by atoms with Crippen molar-refractivity contribution < 1.29 is 4.79 Å². The summed E-state index contributed by atoms with van der Waals surface area (Å²) in [4.78, 5) is 23.1. The van der Waals surface area contributed by atoms with E-state index in [-0.39, 0.29) is 11.9 Å². The van der Waals surface area contributed by atoms with Crippen molar-refractivity contribution in [1.82, 2.24) is 24.6 Å². The van der Waals surface area contributed by atoms with Crippen LogP contribution in [0.3, 0.4) is 0 Å². The van der Waals surface area contributed by atoms with Gasteiger partial charge < -0.3 is 10.3 Å². The highest BCUT2D eigenvalue weighted by Gasteiger charge is 2.31. The molecule has 1 saturated heterocycles. The molecule has 1 amide bonds. The summed E-state index contributed by atoms with van der Waals surface area (Å²) in [5.41, 5.74) is 3.45. The van der Waals surface area contributed by atoms with Gasteiger partial charge in [-0.1, -0.05) is 0 Å². The highest BCUT2D eigenvalue weighted by Crippen LogP contribution is 2.32. The molecule has 2 N–H and O–H groups in total. The molecule has 2 aromatic rings. The molecule has 2 aliphatic rings. The average Bonchev–Trinajstić information content (AvgIpc) is 3.26. The van der Waals surface area contributed by atoms with E-state index in [1.54, 1.807) is 4.68 Å². The Morgan fingerprint density at radius 2 is 2.20 bits per heavy atom. The van der Waals surface area contributed by atoms with Crippen LogP contribution in [0.2, 0.25) is 0 Å². The Hall–Kier alpha value is -2.15. The molecule has 1 unspecified atom stereocenters. The van der Waals surface area contributed by atoms with Crippen LogP contribution in [0.25, 0.3) is 0 Å². The maximum atomic E-state index is 12.5. The van der Waals surface area contributed by atoms with Crippen molar-refractivity contribution in [2.45, 2.75) is 51.5 Å². The van der Waals surface area contributed by atoms with Crippen molar-refractivity contribution in [3.8, 4) is 0 Å². The minimum atomic E-state index is 0.00576. The zero-order valence-corrected chi connectivity index (χ0v) is 15.0. The normalized spacial score (nSPS) is 20.6. The number of hydrogen-bond donors (Lipinski definition) is 2. The summed E-state index contributed by atoms with van der Waals surface area (Å²) in [6, 6.07) is 2.12. The fraction of sp³-hybridized carbons (Fsp3) is 0.611. The fourth-order valence-corrected chi connectivity index (χ4v) is 4.05. The van der Waals surface area contributed by atoms with Crippen molar-refractivity contribution in [1.29, 1.82) is 0 Å². The lowest BCUT2D eigenvalue weighted by Gasteiger charge is -2.22. The van der Waals surface area contributed by atoms with E-state index in [1.165, 1.54) is 24.2 Å². The van der Waals surface area contributed by atoms with Crippen LogP contribution in [-0.4, -0.2) is 43.6 Å². The molecular weight excluding hydrogens is 316 g/mol. The molecule has 3 heterocycles. The number of hydrogen-bond acceptors (Lipinski definition) is 4. The highest BCUT2D eigenvalue weighted by molar-refractivity contribution is 5.91. The number of aromatic amines is 1. The van der Waals surface area contributed by atoms with Gasteiger partial charge in [0.05, 0.1) is 24.0 Å². The Kier molecular flexibility index (Phi) is 4.33.